The maximum absolute atomic E-state index is 4.77. The summed E-state index contributed by atoms with van der Waals surface area (Å²) < 4.78 is 0. The fourth-order valence-electron chi connectivity index (χ4n) is 2.57. The summed E-state index contributed by atoms with van der Waals surface area (Å²) >= 11 is 0. The van der Waals surface area contributed by atoms with E-state index in [1.165, 1.54) is 22.2 Å². The van der Waals surface area contributed by atoms with Crippen molar-refractivity contribution in [3.05, 3.63) is 59.7 Å². The molecule has 0 fully saturated rings. The van der Waals surface area contributed by atoms with Crippen LogP contribution in [0.2, 0.25) is 0 Å². The highest BCUT2D eigenvalue weighted by Crippen LogP contribution is 2.27. The summed E-state index contributed by atoms with van der Waals surface area (Å²) in [6.07, 6.45) is 0. The number of pyridine rings is 1. The SMILES string of the molecule is Cc1c(Nc2ccc(N(C)C)cc2)nc2ccccc2c1C. The molecular weight excluding hydrogens is 270 g/mol. The van der Waals surface area contributed by atoms with E-state index in [4.69, 9.17) is 4.98 Å². The van der Waals surface area contributed by atoms with Gasteiger partial charge in [0.05, 0.1) is 5.52 Å². The molecule has 0 aliphatic heterocycles. The highest BCUT2D eigenvalue weighted by molar-refractivity contribution is 5.86. The Morgan fingerprint density at radius 1 is 0.864 bits per heavy atom. The quantitative estimate of drug-likeness (QED) is 0.760. The molecule has 2 aromatic carbocycles. The van der Waals surface area contributed by atoms with Gasteiger partial charge in [-0.05, 0) is 55.3 Å². The summed E-state index contributed by atoms with van der Waals surface area (Å²) in [6, 6.07) is 16.6. The molecule has 22 heavy (non-hydrogen) atoms. The van der Waals surface area contributed by atoms with Gasteiger partial charge < -0.3 is 10.2 Å². The second-order valence-corrected chi connectivity index (χ2v) is 5.79. The largest absolute Gasteiger partial charge is 0.378 e. The van der Waals surface area contributed by atoms with Crippen molar-refractivity contribution in [2.75, 3.05) is 24.3 Å². The summed E-state index contributed by atoms with van der Waals surface area (Å²) in [4.78, 5) is 6.86. The van der Waals surface area contributed by atoms with E-state index in [-0.39, 0.29) is 0 Å². The normalized spacial score (nSPS) is 10.7. The topological polar surface area (TPSA) is 28.2 Å². The fraction of sp³-hybridized carbons (Fsp3) is 0.211. The van der Waals surface area contributed by atoms with Gasteiger partial charge in [-0.15, -0.1) is 0 Å². The Morgan fingerprint density at radius 2 is 1.55 bits per heavy atom. The molecule has 3 heteroatoms. The van der Waals surface area contributed by atoms with E-state index in [1.54, 1.807) is 0 Å². The summed E-state index contributed by atoms with van der Waals surface area (Å²) in [5.41, 5.74) is 5.73. The van der Waals surface area contributed by atoms with Crippen molar-refractivity contribution in [3.63, 3.8) is 0 Å². The van der Waals surface area contributed by atoms with Gasteiger partial charge in [-0.3, -0.25) is 0 Å². The van der Waals surface area contributed by atoms with Gasteiger partial charge in [-0.1, -0.05) is 18.2 Å². The number of nitrogens with one attached hydrogen (secondary N) is 1. The Bertz CT molecular complexity index is 805. The Morgan fingerprint density at radius 3 is 2.23 bits per heavy atom. The maximum atomic E-state index is 4.77. The van der Waals surface area contributed by atoms with Crippen molar-refractivity contribution < 1.29 is 0 Å². The van der Waals surface area contributed by atoms with Gasteiger partial charge in [0.15, 0.2) is 0 Å². The van der Waals surface area contributed by atoms with Crippen molar-refractivity contribution in [3.8, 4) is 0 Å². The summed E-state index contributed by atoms with van der Waals surface area (Å²) in [7, 11) is 4.08. The predicted molar refractivity (Wildman–Crippen MR) is 95.3 cm³/mol. The number of fused-ring (bicyclic) bond motifs is 1. The number of aromatic nitrogens is 1. The zero-order valence-corrected chi connectivity index (χ0v) is 13.5. The van der Waals surface area contributed by atoms with Gasteiger partial charge in [-0.25, -0.2) is 4.98 Å². The van der Waals surface area contributed by atoms with Crippen LogP contribution in [0, 0.1) is 13.8 Å². The van der Waals surface area contributed by atoms with Crippen LogP contribution in [-0.4, -0.2) is 19.1 Å². The number of anilines is 3. The summed E-state index contributed by atoms with van der Waals surface area (Å²) in [5, 5.41) is 4.66. The average molecular weight is 291 g/mol. The number of nitrogens with zero attached hydrogens (tertiary/aromatic N) is 2. The lowest BCUT2D eigenvalue weighted by Gasteiger charge is -2.15. The highest BCUT2D eigenvalue weighted by atomic mass is 15.1. The van der Waals surface area contributed by atoms with Crippen molar-refractivity contribution in [2.24, 2.45) is 0 Å². The molecule has 3 rings (SSSR count). The minimum atomic E-state index is 0.925. The average Bonchev–Trinajstić information content (AvgIpc) is 2.53. The summed E-state index contributed by atoms with van der Waals surface area (Å²) in [5.74, 6) is 0.925. The lowest BCUT2D eigenvalue weighted by atomic mass is 10.0. The van der Waals surface area contributed by atoms with Gasteiger partial charge >= 0.3 is 0 Å². The van der Waals surface area contributed by atoms with Crippen LogP contribution in [0.4, 0.5) is 17.2 Å². The van der Waals surface area contributed by atoms with Crippen molar-refractivity contribution in [1.29, 1.82) is 0 Å². The van der Waals surface area contributed by atoms with E-state index < -0.39 is 0 Å². The number of para-hydroxylation sites is 1. The van der Waals surface area contributed by atoms with E-state index in [9.17, 15) is 0 Å². The number of aryl methyl sites for hydroxylation is 1. The first kappa shape index (κ1) is 14.4. The van der Waals surface area contributed by atoms with Crippen LogP contribution in [0.3, 0.4) is 0 Å². The first-order chi connectivity index (χ1) is 10.6. The zero-order chi connectivity index (χ0) is 15.7. The third-order valence-electron chi connectivity index (χ3n) is 4.10. The van der Waals surface area contributed by atoms with Crippen molar-refractivity contribution in [2.45, 2.75) is 13.8 Å². The van der Waals surface area contributed by atoms with Crippen LogP contribution in [0.25, 0.3) is 10.9 Å². The molecule has 0 aliphatic rings. The van der Waals surface area contributed by atoms with E-state index >= 15 is 0 Å². The lowest BCUT2D eigenvalue weighted by Crippen LogP contribution is -2.08. The molecule has 3 aromatic rings. The van der Waals surface area contributed by atoms with E-state index in [1.807, 2.05) is 20.2 Å². The van der Waals surface area contributed by atoms with E-state index in [2.05, 4.69) is 66.5 Å². The first-order valence-corrected chi connectivity index (χ1v) is 7.46. The van der Waals surface area contributed by atoms with Crippen molar-refractivity contribution >= 4 is 28.1 Å². The van der Waals surface area contributed by atoms with Crippen molar-refractivity contribution in [1.82, 2.24) is 4.98 Å². The van der Waals surface area contributed by atoms with Gasteiger partial charge in [0.1, 0.15) is 5.82 Å². The lowest BCUT2D eigenvalue weighted by molar-refractivity contribution is 1.13. The van der Waals surface area contributed by atoms with E-state index in [0.717, 1.165) is 17.0 Å². The molecule has 0 amide bonds. The standard InChI is InChI=1S/C19H21N3/c1-13-14(2)19(21-18-8-6-5-7-17(13)18)20-15-9-11-16(12-10-15)22(3)4/h5-12H,1-4H3,(H,20,21). The smallest absolute Gasteiger partial charge is 0.134 e. The number of rotatable bonds is 3. The molecule has 0 unspecified atom stereocenters. The van der Waals surface area contributed by atoms with Crippen LogP contribution in [-0.2, 0) is 0 Å². The zero-order valence-electron chi connectivity index (χ0n) is 13.5. The number of benzene rings is 2. The Kier molecular flexibility index (Phi) is 3.72. The molecule has 0 atom stereocenters. The molecule has 1 N–H and O–H groups in total. The van der Waals surface area contributed by atoms with Crippen LogP contribution < -0.4 is 10.2 Å². The predicted octanol–water partition coefficient (Wildman–Crippen LogP) is 4.66. The summed E-state index contributed by atoms with van der Waals surface area (Å²) in [6.45, 7) is 4.27. The van der Waals surface area contributed by atoms with E-state index in [0.29, 0.717) is 0 Å². The highest BCUT2D eigenvalue weighted by Gasteiger charge is 2.08. The minimum absolute atomic E-state index is 0.925. The van der Waals surface area contributed by atoms with Gasteiger partial charge in [0, 0.05) is 30.9 Å². The number of hydrogen-bond acceptors (Lipinski definition) is 3. The fourth-order valence-corrected chi connectivity index (χ4v) is 2.57. The third-order valence-corrected chi connectivity index (χ3v) is 4.10. The van der Waals surface area contributed by atoms with Gasteiger partial charge in [0.2, 0.25) is 0 Å². The molecule has 0 spiro atoms. The Balaban J connectivity index is 1.98. The first-order valence-electron chi connectivity index (χ1n) is 7.46. The molecule has 0 saturated heterocycles. The molecule has 1 aromatic heterocycles. The minimum Gasteiger partial charge on any atom is -0.378 e. The molecule has 0 saturated carbocycles. The molecule has 112 valence electrons. The monoisotopic (exact) mass is 291 g/mol. The Hall–Kier alpha value is -2.55. The Labute approximate surface area is 131 Å². The van der Waals surface area contributed by atoms with Crippen LogP contribution in [0.15, 0.2) is 48.5 Å². The molecule has 3 nitrogen and oxygen atoms in total. The second-order valence-electron chi connectivity index (χ2n) is 5.79. The third kappa shape index (κ3) is 2.62. The molecule has 0 bridgehead atoms. The van der Waals surface area contributed by atoms with Crippen LogP contribution in [0.5, 0.6) is 0 Å². The molecular formula is C19H21N3. The number of hydrogen-bond donors (Lipinski definition) is 1. The second kappa shape index (κ2) is 5.68. The van der Waals surface area contributed by atoms with Crippen LogP contribution >= 0.6 is 0 Å². The maximum Gasteiger partial charge on any atom is 0.134 e. The molecule has 0 radical (unpaired) electrons. The van der Waals surface area contributed by atoms with Gasteiger partial charge in [0.25, 0.3) is 0 Å². The van der Waals surface area contributed by atoms with Gasteiger partial charge in [-0.2, -0.15) is 0 Å². The molecule has 0 aliphatic carbocycles. The molecule has 1 heterocycles. The van der Waals surface area contributed by atoms with Crippen LogP contribution in [0.1, 0.15) is 11.1 Å².